The van der Waals surface area contributed by atoms with Crippen molar-refractivity contribution in [3.63, 3.8) is 0 Å². The lowest BCUT2D eigenvalue weighted by Crippen LogP contribution is -2.30. The fraction of sp³-hybridized carbons (Fsp3) is 0.111. The summed E-state index contributed by atoms with van der Waals surface area (Å²) in [7, 11) is 0. The third-order valence-electron chi connectivity index (χ3n) is 3.75. The van der Waals surface area contributed by atoms with Gasteiger partial charge in [0.15, 0.2) is 5.69 Å². The standard InChI is InChI=1S/C18H15FN4O4/c19-12-4-1-5-13(7-12)23-16(24)8-15(22-23)18(27)21-14(9-17(25)26)11-3-2-6-20-10-11/h1-8,10,14,24H,9H2,(H,21,27)(H,25,26)/t14-/m0/s1. The van der Waals surface area contributed by atoms with Crippen LogP contribution in [-0.4, -0.2) is 36.9 Å². The maximum atomic E-state index is 13.4. The number of aromatic hydroxyl groups is 1. The number of hydrogen-bond donors (Lipinski definition) is 3. The molecule has 1 amide bonds. The molecule has 0 fully saturated rings. The number of aliphatic carboxylic acids is 1. The molecule has 0 aliphatic carbocycles. The maximum absolute atomic E-state index is 13.4. The second-order valence-electron chi connectivity index (χ2n) is 5.69. The first-order chi connectivity index (χ1) is 12.9. The van der Waals surface area contributed by atoms with E-state index in [1.54, 1.807) is 12.1 Å². The number of hydrogen-bond acceptors (Lipinski definition) is 5. The number of carboxylic acid groups (broad SMARTS) is 1. The zero-order valence-electron chi connectivity index (χ0n) is 13.9. The second kappa shape index (κ2) is 7.65. The topological polar surface area (TPSA) is 117 Å². The molecule has 0 aliphatic heterocycles. The summed E-state index contributed by atoms with van der Waals surface area (Å²) in [5.41, 5.74) is 0.610. The van der Waals surface area contributed by atoms with E-state index in [0.29, 0.717) is 5.56 Å². The van der Waals surface area contributed by atoms with Crippen LogP contribution in [-0.2, 0) is 4.79 Å². The summed E-state index contributed by atoms with van der Waals surface area (Å²) >= 11 is 0. The van der Waals surface area contributed by atoms with Crippen LogP contribution >= 0.6 is 0 Å². The molecule has 138 valence electrons. The summed E-state index contributed by atoms with van der Waals surface area (Å²) in [5.74, 6) is -2.67. The first-order valence-electron chi connectivity index (χ1n) is 7.91. The van der Waals surface area contributed by atoms with Gasteiger partial charge in [-0.15, -0.1) is 0 Å². The monoisotopic (exact) mass is 370 g/mol. The number of carbonyl (C=O) groups excluding carboxylic acids is 1. The van der Waals surface area contributed by atoms with Crippen LogP contribution in [0.5, 0.6) is 5.88 Å². The van der Waals surface area contributed by atoms with Gasteiger partial charge < -0.3 is 15.5 Å². The van der Waals surface area contributed by atoms with E-state index < -0.39 is 23.7 Å². The Morgan fingerprint density at radius 1 is 1.22 bits per heavy atom. The molecule has 1 atom stereocenters. The Kier molecular flexibility index (Phi) is 5.11. The molecule has 0 saturated carbocycles. The lowest BCUT2D eigenvalue weighted by molar-refractivity contribution is -0.137. The highest BCUT2D eigenvalue weighted by atomic mass is 19.1. The minimum atomic E-state index is -1.10. The van der Waals surface area contributed by atoms with Crippen LogP contribution in [0.1, 0.15) is 28.5 Å². The van der Waals surface area contributed by atoms with E-state index >= 15 is 0 Å². The van der Waals surface area contributed by atoms with Gasteiger partial charge in [-0.05, 0) is 29.8 Å². The quantitative estimate of drug-likeness (QED) is 0.611. The number of nitrogens with zero attached hydrogens (tertiary/aromatic N) is 3. The van der Waals surface area contributed by atoms with E-state index in [9.17, 15) is 19.1 Å². The van der Waals surface area contributed by atoms with Gasteiger partial charge >= 0.3 is 5.97 Å². The summed E-state index contributed by atoms with van der Waals surface area (Å²) in [6.07, 6.45) is 2.63. The minimum Gasteiger partial charge on any atom is -0.493 e. The number of halogens is 1. The number of carbonyl (C=O) groups is 2. The van der Waals surface area contributed by atoms with E-state index in [-0.39, 0.29) is 23.7 Å². The number of benzene rings is 1. The zero-order valence-corrected chi connectivity index (χ0v) is 13.9. The van der Waals surface area contributed by atoms with Crippen molar-refractivity contribution < 1.29 is 24.2 Å². The summed E-state index contributed by atoms with van der Waals surface area (Å²) in [6.45, 7) is 0. The van der Waals surface area contributed by atoms with Gasteiger partial charge in [0, 0.05) is 18.5 Å². The summed E-state index contributed by atoms with van der Waals surface area (Å²) in [6, 6.07) is 8.90. The molecule has 2 heterocycles. The normalized spacial score (nSPS) is 11.7. The molecule has 1 aromatic carbocycles. The Labute approximate surface area is 152 Å². The van der Waals surface area contributed by atoms with Crippen molar-refractivity contribution in [1.29, 1.82) is 0 Å². The Bertz CT molecular complexity index is 975. The highest BCUT2D eigenvalue weighted by molar-refractivity contribution is 5.93. The average molecular weight is 370 g/mol. The van der Waals surface area contributed by atoms with Crippen molar-refractivity contribution in [2.24, 2.45) is 0 Å². The predicted octanol–water partition coefficient (Wildman–Crippen LogP) is 2.06. The van der Waals surface area contributed by atoms with E-state index in [4.69, 9.17) is 5.11 Å². The predicted molar refractivity (Wildman–Crippen MR) is 91.9 cm³/mol. The minimum absolute atomic E-state index is 0.143. The second-order valence-corrected chi connectivity index (χ2v) is 5.69. The van der Waals surface area contributed by atoms with Crippen LogP contribution in [0.15, 0.2) is 54.9 Å². The first-order valence-corrected chi connectivity index (χ1v) is 7.91. The van der Waals surface area contributed by atoms with Gasteiger partial charge in [0.2, 0.25) is 5.88 Å². The molecule has 27 heavy (non-hydrogen) atoms. The maximum Gasteiger partial charge on any atom is 0.305 e. The number of carboxylic acids is 1. The molecule has 0 radical (unpaired) electrons. The largest absolute Gasteiger partial charge is 0.493 e. The Morgan fingerprint density at radius 3 is 2.70 bits per heavy atom. The molecule has 3 aromatic rings. The SMILES string of the molecule is O=C(O)C[C@H](NC(=O)c1cc(O)n(-c2cccc(F)c2)n1)c1cccnc1. The van der Waals surface area contributed by atoms with E-state index in [2.05, 4.69) is 15.4 Å². The van der Waals surface area contributed by atoms with Gasteiger partial charge in [0.25, 0.3) is 5.91 Å². The highest BCUT2D eigenvalue weighted by Gasteiger charge is 2.22. The van der Waals surface area contributed by atoms with E-state index in [1.807, 2.05) is 0 Å². The van der Waals surface area contributed by atoms with Crippen LogP contribution in [0.3, 0.4) is 0 Å². The average Bonchev–Trinajstić information content (AvgIpc) is 3.03. The summed E-state index contributed by atoms with van der Waals surface area (Å²) < 4.78 is 14.4. The van der Waals surface area contributed by atoms with Crippen LogP contribution in [0.4, 0.5) is 4.39 Å². The van der Waals surface area contributed by atoms with Crippen molar-refractivity contribution in [1.82, 2.24) is 20.1 Å². The zero-order chi connectivity index (χ0) is 19.4. The van der Waals surface area contributed by atoms with Crippen molar-refractivity contribution in [2.75, 3.05) is 0 Å². The van der Waals surface area contributed by atoms with Gasteiger partial charge in [0.1, 0.15) is 5.82 Å². The van der Waals surface area contributed by atoms with Crippen molar-refractivity contribution >= 4 is 11.9 Å². The number of pyridine rings is 1. The molecule has 3 rings (SSSR count). The third kappa shape index (κ3) is 4.27. The Hall–Kier alpha value is -3.75. The molecular formula is C18H15FN4O4. The van der Waals surface area contributed by atoms with E-state index in [1.165, 1.54) is 30.6 Å². The molecule has 9 heteroatoms. The molecular weight excluding hydrogens is 355 g/mol. The van der Waals surface area contributed by atoms with Gasteiger partial charge in [-0.2, -0.15) is 5.10 Å². The lowest BCUT2D eigenvalue weighted by atomic mass is 10.1. The molecule has 0 aliphatic rings. The van der Waals surface area contributed by atoms with Crippen LogP contribution in [0, 0.1) is 5.82 Å². The molecule has 0 bridgehead atoms. The molecule has 0 unspecified atom stereocenters. The van der Waals surface area contributed by atoms with Crippen LogP contribution in [0.2, 0.25) is 0 Å². The molecule has 8 nitrogen and oxygen atoms in total. The fourth-order valence-corrected chi connectivity index (χ4v) is 2.52. The van der Waals surface area contributed by atoms with Gasteiger partial charge in [-0.3, -0.25) is 14.6 Å². The van der Waals surface area contributed by atoms with Gasteiger partial charge in [-0.25, -0.2) is 9.07 Å². The van der Waals surface area contributed by atoms with Crippen molar-refractivity contribution in [3.05, 3.63) is 71.9 Å². The number of aromatic nitrogens is 3. The molecule has 0 spiro atoms. The number of rotatable bonds is 6. The summed E-state index contributed by atoms with van der Waals surface area (Å²) in [4.78, 5) is 27.5. The summed E-state index contributed by atoms with van der Waals surface area (Å²) in [5, 5.41) is 25.6. The first kappa shape index (κ1) is 18.1. The van der Waals surface area contributed by atoms with E-state index in [0.717, 1.165) is 16.8 Å². The molecule has 2 aromatic heterocycles. The molecule has 3 N–H and O–H groups in total. The van der Waals surface area contributed by atoms with Crippen molar-refractivity contribution in [2.45, 2.75) is 12.5 Å². The number of amides is 1. The third-order valence-corrected chi connectivity index (χ3v) is 3.75. The Balaban J connectivity index is 1.84. The number of nitrogens with one attached hydrogen (secondary N) is 1. The van der Waals surface area contributed by atoms with Crippen LogP contribution < -0.4 is 5.32 Å². The van der Waals surface area contributed by atoms with Gasteiger partial charge in [-0.1, -0.05) is 12.1 Å². The fourth-order valence-electron chi connectivity index (χ4n) is 2.52. The van der Waals surface area contributed by atoms with Crippen LogP contribution in [0.25, 0.3) is 5.69 Å². The molecule has 0 saturated heterocycles. The van der Waals surface area contributed by atoms with Crippen molar-refractivity contribution in [3.8, 4) is 11.6 Å². The lowest BCUT2D eigenvalue weighted by Gasteiger charge is -2.16. The highest BCUT2D eigenvalue weighted by Crippen LogP contribution is 2.20. The van der Waals surface area contributed by atoms with Gasteiger partial charge in [0.05, 0.1) is 18.2 Å². The Morgan fingerprint density at radius 2 is 2.04 bits per heavy atom. The smallest absolute Gasteiger partial charge is 0.305 e.